The highest BCUT2D eigenvalue weighted by molar-refractivity contribution is 4.82. The molecule has 0 amide bonds. The number of ether oxygens (including phenoxy) is 1. The van der Waals surface area contributed by atoms with E-state index in [2.05, 4.69) is 19.2 Å². The maximum Gasteiger partial charge on any atom is 0.0468 e. The molecule has 0 spiro atoms. The van der Waals surface area contributed by atoms with Gasteiger partial charge in [0, 0.05) is 32.3 Å². The molecule has 0 bridgehead atoms. The summed E-state index contributed by atoms with van der Waals surface area (Å²) in [6.07, 6.45) is 2.40. The zero-order valence-corrected chi connectivity index (χ0v) is 10.4. The van der Waals surface area contributed by atoms with Crippen molar-refractivity contribution in [3.63, 3.8) is 0 Å². The Bertz CT molecular complexity index is 174. The fourth-order valence-corrected chi connectivity index (χ4v) is 2.25. The molecule has 1 aliphatic heterocycles. The third kappa shape index (κ3) is 4.49. The first kappa shape index (κ1) is 12.9. The molecule has 3 heteroatoms. The summed E-state index contributed by atoms with van der Waals surface area (Å²) in [4.78, 5) is 0. The predicted molar refractivity (Wildman–Crippen MR) is 63.8 cm³/mol. The Hall–Kier alpha value is -0.120. The third-order valence-corrected chi connectivity index (χ3v) is 3.37. The summed E-state index contributed by atoms with van der Waals surface area (Å²) >= 11 is 0. The van der Waals surface area contributed by atoms with E-state index >= 15 is 0 Å². The topological polar surface area (TPSA) is 47.3 Å². The van der Waals surface area contributed by atoms with Crippen LogP contribution < -0.4 is 11.1 Å². The van der Waals surface area contributed by atoms with Crippen LogP contribution in [0.2, 0.25) is 0 Å². The highest BCUT2D eigenvalue weighted by Gasteiger charge is 2.30. The number of nitrogens with one attached hydrogen (secondary N) is 1. The van der Waals surface area contributed by atoms with E-state index in [1.54, 1.807) is 0 Å². The van der Waals surface area contributed by atoms with Crippen LogP contribution in [-0.2, 0) is 4.74 Å². The largest absolute Gasteiger partial charge is 0.381 e. The predicted octanol–water partition coefficient (Wildman–Crippen LogP) is 1.38. The molecule has 0 aromatic heterocycles. The minimum atomic E-state index is 0.246. The Balaban J connectivity index is 2.29. The smallest absolute Gasteiger partial charge is 0.0468 e. The van der Waals surface area contributed by atoms with E-state index in [9.17, 15) is 0 Å². The van der Waals surface area contributed by atoms with Gasteiger partial charge in [0.25, 0.3) is 0 Å². The van der Waals surface area contributed by atoms with Crippen molar-refractivity contribution in [1.29, 1.82) is 0 Å². The molecule has 1 atom stereocenters. The summed E-state index contributed by atoms with van der Waals surface area (Å²) in [5.41, 5.74) is 6.08. The van der Waals surface area contributed by atoms with Crippen LogP contribution in [0.25, 0.3) is 0 Å². The van der Waals surface area contributed by atoms with Crippen molar-refractivity contribution in [1.82, 2.24) is 5.32 Å². The van der Waals surface area contributed by atoms with Crippen molar-refractivity contribution in [2.45, 2.75) is 39.7 Å². The Kier molecular flexibility index (Phi) is 5.03. The van der Waals surface area contributed by atoms with Gasteiger partial charge in [-0.2, -0.15) is 0 Å². The monoisotopic (exact) mass is 214 g/mol. The Labute approximate surface area is 93.8 Å². The van der Waals surface area contributed by atoms with Crippen molar-refractivity contribution in [3.8, 4) is 0 Å². The van der Waals surface area contributed by atoms with E-state index in [0.29, 0.717) is 5.41 Å². The molecule has 15 heavy (non-hydrogen) atoms. The van der Waals surface area contributed by atoms with Gasteiger partial charge in [0.15, 0.2) is 0 Å². The molecule has 0 aromatic rings. The number of hydrogen-bond acceptors (Lipinski definition) is 3. The van der Waals surface area contributed by atoms with Crippen LogP contribution in [0.1, 0.15) is 33.6 Å². The highest BCUT2D eigenvalue weighted by Crippen LogP contribution is 2.33. The summed E-state index contributed by atoms with van der Waals surface area (Å²) in [5, 5.41) is 3.46. The molecule has 1 heterocycles. The first-order chi connectivity index (χ1) is 7.02. The molecule has 3 nitrogen and oxygen atoms in total. The van der Waals surface area contributed by atoms with E-state index in [0.717, 1.165) is 32.2 Å². The molecule has 3 N–H and O–H groups in total. The van der Waals surface area contributed by atoms with E-state index in [1.807, 2.05) is 6.92 Å². The lowest BCUT2D eigenvalue weighted by Crippen LogP contribution is -2.41. The molecule has 0 saturated carbocycles. The molecule has 0 aromatic carbocycles. The van der Waals surface area contributed by atoms with Gasteiger partial charge in [-0.1, -0.05) is 13.8 Å². The van der Waals surface area contributed by atoms with Gasteiger partial charge in [-0.3, -0.25) is 0 Å². The molecule has 0 aliphatic carbocycles. The van der Waals surface area contributed by atoms with Gasteiger partial charge < -0.3 is 15.8 Å². The standard InChI is InChI=1S/C12H26N2O/c1-10(13)8-14-9-12(2,3)11-4-6-15-7-5-11/h10-11,14H,4-9,13H2,1-3H3. The van der Waals surface area contributed by atoms with E-state index in [1.165, 1.54) is 12.8 Å². The summed E-state index contributed by atoms with van der Waals surface area (Å²) in [7, 11) is 0. The molecule has 0 radical (unpaired) electrons. The quantitative estimate of drug-likeness (QED) is 0.727. The second kappa shape index (κ2) is 5.83. The third-order valence-electron chi connectivity index (χ3n) is 3.37. The van der Waals surface area contributed by atoms with Crippen LogP contribution in [0.4, 0.5) is 0 Å². The first-order valence-corrected chi connectivity index (χ1v) is 6.06. The maximum atomic E-state index is 5.72. The van der Waals surface area contributed by atoms with Crippen molar-refractivity contribution < 1.29 is 4.74 Å². The highest BCUT2D eigenvalue weighted by atomic mass is 16.5. The normalized spacial score (nSPS) is 21.6. The van der Waals surface area contributed by atoms with Crippen LogP contribution in [0.5, 0.6) is 0 Å². The average Bonchev–Trinajstić information content (AvgIpc) is 2.18. The van der Waals surface area contributed by atoms with Gasteiger partial charge in [-0.15, -0.1) is 0 Å². The van der Waals surface area contributed by atoms with Gasteiger partial charge >= 0.3 is 0 Å². The minimum absolute atomic E-state index is 0.246. The number of nitrogens with two attached hydrogens (primary N) is 1. The van der Waals surface area contributed by atoms with Crippen molar-refractivity contribution in [2.75, 3.05) is 26.3 Å². The molecule has 1 rings (SSSR count). The van der Waals surface area contributed by atoms with Crippen LogP contribution in [0.15, 0.2) is 0 Å². The van der Waals surface area contributed by atoms with Gasteiger partial charge in [0.05, 0.1) is 0 Å². The van der Waals surface area contributed by atoms with Crippen LogP contribution in [0, 0.1) is 11.3 Å². The summed E-state index contributed by atoms with van der Waals surface area (Å²) in [6, 6.07) is 0.246. The van der Waals surface area contributed by atoms with E-state index < -0.39 is 0 Å². The molecule has 1 unspecified atom stereocenters. The molecular weight excluding hydrogens is 188 g/mol. The van der Waals surface area contributed by atoms with Gasteiger partial charge in [-0.05, 0) is 31.1 Å². The van der Waals surface area contributed by atoms with Gasteiger partial charge in [-0.25, -0.2) is 0 Å². The minimum Gasteiger partial charge on any atom is -0.381 e. The molecule has 1 aliphatic rings. The summed E-state index contributed by atoms with van der Waals surface area (Å²) < 4.78 is 5.40. The SMILES string of the molecule is CC(N)CNCC(C)(C)C1CCOCC1. The van der Waals surface area contributed by atoms with Crippen LogP contribution in [0.3, 0.4) is 0 Å². The van der Waals surface area contributed by atoms with Crippen LogP contribution in [-0.4, -0.2) is 32.3 Å². The van der Waals surface area contributed by atoms with E-state index in [-0.39, 0.29) is 6.04 Å². The van der Waals surface area contributed by atoms with Crippen molar-refractivity contribution in [2.24, 2.45) is 17.1 Å². The van der Waals surface area contributed by atoms with E-state index in [4.69, 9.17) is 10.5 Å². The number of hydrogen-bond donors (Lipinski definition) is 2. The fourth-order valence-electron chi connectivity index (χ4n) is 2.25. The summed E-state index contributed by atoms with van der Waals surface area (Å²) in [5.74, 6) is 0.784. The lowest BCUT2D eigenvalue weighted by Gasteiger charge is -2.37. The average molecular weight is 214 g/mol. The fraction of sp³-hybridized carbons (Fsp3) is 1.00. The van der Waals surface area contributed by atoms with Crippen molar-refractivity contribution in [3.05, 3.63) is 0 Å². The second-order valence-electron chi connectivity index (χ2n) is 5.48. The lowest BCUT2D eigenvalue weighted by atomic mass is 9.74. The molecular formula is C12H26N2O. The molecule has 1 saturated heterocycles. The van der Waals surface area contributed by atoms with Crippen LogP contribution >= 0.6 is 0 Å². The van der Waals surface area contributed by atoms with Crippen molar-refractivity contribution >= 4 is 0 Å². The number of rotatable bonds is 5. The Morgan fingerprint density at radius 1 is 1.40 bits per heavy atom. The Morgan fingerprint density at radius 2 is 2.00 bits per heavy atom. The second-order valence-corrected chi connectivity index (χ2v) is 5.48. The summed E-state index contributed by atoms with van der Waals surface area (Å²) in [6.45, 7) is 10.6. The maximum absolute atomic E-state index is 5.72. The zero-order valence-electron chi connectivity index (χ0n) is 10.4. The Morgan fingerprint density at radius 3 is 2.53 bits per heavy atom. The first-order valence-electron chi connectivity index (χ1n) is 6.06. The van der Waals surface area contributed by atoms with Gasteiger partial charge in [0.1, 0.15) is 0 Å². The lowest BCUT2D eigenvalue weighted by molar-refractivity contribution is 0.0228. The van der Waals surface area contributed by atoms with Gasteiger partial charge in [0.2, 0.25) is 0 Å². The molecule has 90 valence electrons. The zero-order chi connectivity index (χ0) is 11.3. The molecule has 1 fully saturated rings.